The van der Waals surface area contributed by atoms with E-state index in [-0.39, 0.29) is 0 Å². The summed E-state index contributed by atoms with van der Waals surface area (Å²) in [7, 11) is 0. The van der Waals surface area contributed by atoms with Gasteiger partial charge in [-0.05, 0) is 61.8 Å². The maximum Gasteiger partial charge on any atom is 0.132 e. The molecule has 0 spiro atoms. The van der Waals surface area contributed by atoms with Gasteiger partial charge in [-0.2, -0.15) is 0 Å². The lowest BCUT2D eigenvalue weighted by Crippen LogP contribution is -2.44. The van der Waals surface area contributed by atoms with Crippen molar-refractivity contribution in [1.82, 2.24) is 9.97 Å². The predicted octanol–water partition coefficient (Wildman–Crippen LogP) is 3.67. The highest BCUT2D eigenvalue weighted by Gasteiger charge is 2.49. The Hall–Kier alpha value is -0.630. The van der Waals surface area contributed by atoms with Crippen molar-refractivity contribution in [2.24, 2.45) is 23.7 Å². The summed E-state index contributed by atoms with van der Waals surface area (Å²) in [5.74, 6) is 4.45. The highest BCUT2D eigenvalue weighted by Crippen LogP contribution is 2.59. The Morgan fingerprint density at radius 3 is 2.18 bits per heavy atom. The van der Waals surface area contributed by atoms with Gasteiger partial charge >= 0.3 is 0 Å². The monoisotopic (exact) mass is 248 g/mol. The molecule has 17 heavy (non-hydrogen) atoms. The third-order valence-electron chi connectivity index (χ3n) is 5.22. The van der Waals surface area contributed by atoms with E-state index >= 15 is 0 Å². The third-order valence-corrected chi connectivity index (χ3v) is 5.43. The van der Waals surface area contributed by atoms with Gasteiger partial charge in [0.25, 0.3) is 0 Å². The molecule has 0 amide bonds. The molecule has 0 unspecified atom stereocenters. The van der Waals surface area contributed by atoms with Crippen LogP contribution in [0.2, 0.25) is 5.15 Å². The minimum Gasteiger partial charge on any atom is -0.241 e. The van der Waals surface area contributed by atoms with Crippen LogP contribution in [0.15, 0.2) is 12.4 Å². The first-order valence-electron chi connectivity index (χ1n) is 6.77. The van der Waals surface area contributed by atoms with E-state index in [0.717, 1.165) is 23.7 Å². The van der Waals surface area contributed by atoms with E-state index in [1.54, 1.807) is 6.33 Å². The molecule has 4 aliphatic carbocycles. The number of hydrogen-bond donors (Lipinski definition) is 0. The highest BCUT2D eigenvalue weighted by atomic mass is 35.5. The summed E-state index contributed by atoms with van der Waals surface area (Å²) in [6.07, 6.45) is 8.85. The van der Waals surface area contributed by atoms with Gasteiger partial charge in [0.2, 0.25) is 0 Å². The summed E-state index contributed by atoms with van der Waals surface area (Å²) >= 11 is 6.01. The van der Waals surface area contributed by atoms with Gasteiger partial charge in [0.15, 0.2) is 0 Å². The normalized spacial score (nSPS) is 43.0. The van der Waals surface area contributed by atoms with Crippen molar-refractivity contribution in [3.8, 4) is 0 Å². The largest absolute Gasteiger partial charge is 0.241 e. The van der Waals surface area contributed by atoms with Crippen molar-refractivity contribution in [3.05, 3.63) is 23.2 Å². The second-order valence-corrected chi connectivity index (χ2v) is 6.61. The molecule has 0 N–H and O–H groups in total. The minimum atomic E-state index is 0.601. The van der Waals surface area contributed by atoms with Crippen LogP contribution in [0.5, 0.6) is 0 Å². The Morgan fingerprint density at radius 1 is 0.941 bits per heavy atom. The fourth-order valence-electron chi connectivity index (χ4n) is 4.94. The van der Waals surface area contributed by atoms with Crippen LogP contribution < -0.4 is 0 Å². The number of nitrogens with zero attached hydrogens (tertiary/aromatic N) is 2. The maximum atomic E-state index is 6.01. The summed E-state index contributed by atoms with van der Waals surface area (Å²) in [6.45, 7) is 0. The molecule has 4 bridgehead atoms. The molecule has 0 atom stereocenters. The lowest BCUT2D eigenvalue weighted by Gasteiger charge is -2.54. The van der Waals surface area contributed by atoms with Gasteiger partial charge in [0.05, 0.1) is 0 Å². The van der Waals surface area contributed by atoms with Gasteiger partial charge in [0, 0.05) is 11.6 Å². The molecule has 1 aromatic heterocycles. The highest BCUT2D eigenvalue weighted by molar-refractivity contribution is 6.29. The molecular formula is C14H17ClN2. The Bertz CT molecular complexity index is 418. The molecule has 90 valence electrons. The molecule has 3 heteroatoms. The predicted molar refractivity (Wildman–Crippen MR) is 66.8 cm³/mol. The number of rotatable bonds is 1. The lowest BCUT2D eigenvalue weighted by molar-refractivity contribution is -0.00418. The first-order chi connectivity index (χ1) is 8.29. The van der Waals surface area contributed by atoms with Crippen molar-refractivity contribution in [3.63, 3.8) is 0 Å². The number of hydrogen-bond acceptors (Lipinski definition) is 2. The number of aromatic nitrogens is 2. The van der Waals surface area contributed by atoms with Crippen LogP contribution in [-0.4, -0.2) is 9.97 Å². The Labute approximate surface area is 107 Å². The van der Waals surface area contributed by atoms with E-state index in [1.807, 2.05) is 6.07 Å². The Kier molecular flexibility index (Phi) is 2.23. The van der Waals surface area contributed by atoms with Gasteiger partial charge in [0.1, 0.15) is 11.5 Å². The zero-order chi connectivity index (χ0) is 11.4. The molecule has 1 aromatic rings. The number of halogens is 1. The summed E-state index contributed by atoms with van der Waals surface area (Å²) in [5, 5.41) is 0.601. The van der Waals surface area contributed by atoms with E-state index in [1.165, 1.54) is 37.8 Å². The van der Waals surface area contributed by atoms with Crippen molar-refractivity contribution >= 4 is 11.6 Å². The SMILES string of the molecule is Clc1cc(C2C3CC4CC(C3)CC2C4)ncn1. The van der Waals surface area contributed by atoms with E-state index in [2.05, 4.69) is 9.97 Å². The second-order valence-electron chi connectivity index (χ2n) is 6.22. The average molecular weight is 249 g/mol. The lowest BCUT2D eigenvalue weighted by atomic mass is 9.51. The zero-order valence-corrected chi connectivity index (χ0v) is 10.6. The molecule has 4 saturated carbocycles. The molecular weight excluding hydrogens is 232 g/mol. The zero-order valence-electron chi connectivity index (χ0n) is 9.85. The second kappa shape index (κ2) is 3.68. The third kappa shape index (κ3) is 1.61. The fraction of sp³-hybridized carbons (Fsp3) is 0.714. The summed E-state index contributed by atoms with van der Waals surface area (Å²) in [4.78, 5) is 8.50. The van der Waals surface area contributed by atoms with Crippen LogP contribution >= 0.6 is 11.6 Å². The summed E-state index contributed by atoms with van der Waals surface area (Å²) < 4.78 is 0. The first-order valence-corrected chi connectivity index (χ1v) is 7.15. The van der Waals surface area contributed by atoms with Crippen molar-refractivity contribution < 1.29 is 0 Å². The summed E-state index contributed by atoms with van der Waals surface area (Å²) in [6, 6.07) is 1.99. The molecule has 1 heterocycles. The van der Waals surface area contributed by atoms with Gasteiger partial charge in [-0.1, -0.05) is 11.6 Å². The van der Waals surface area contributed by atoms with Crippen LogP contribution in [0, 0.1) is 23.7 Å². The molecule has 5 rings (SSSR count). The van der Waals surface area contributed by atoms with E-state index < -0.39 is 0 Å². The Morgan fingerprint density at radius 2 is 1.59 bits per heavy atom. The van der Waals surface area contributed by atoms with Crippen molar-refractivity contribution in [2.75, 3.05) is 0 Å². The molecule has 0 aromatic carbocycles. The van der Waals surface area contributed by atoms with Crippen LogP contribution in [0.4, 0.5) is 0 Å². The van der Waals surface area contributed by atoms with Crippen LogP contribution in [0.3, 0.4) is 0 Å². The topological polar surface area (TPSA) is 25.8 Å². The van der Waals surface area contributed by atoms with E-state index in [4.69, 9.17) is 11.6 Å². The fourth-order valence-corrected chi connectivity index (χ4v) is 5.09. The smallest absolute Gasteiger partial charge is 0.132 e. The van der Waals surface area contributed by atoms with E-state index in [9.17, 15) is 0 Å². The minimum absolute atomic E-state index is 0.601. The van der Waals surface area contributed by atoms with Gasteiger partial charge in [-0.15, -0.1) is 0 Å². The van der Waals surface area contributed by atoms with Gasteiger partial charge < -0.3 is 0 Å². The molecule has 0 aliphatic heterocycles. The van der Waals surface area contributed by atoms with Crippen molar-refractivity contribution in [2.45, 2.75) is 38.0 Å². The Balaban J connectivity index is 1.70. The van der Waals surface area contributed by atoms with Crippen LogP contribution in [0.25, 0.3) is 0 Å². The van der Waals surface area contributed by atoms with Crippen LogP contribution in [-0.2, 0) is 0 Å². The maximum absolute atomic E-state index is 6.01. The molecule has 2 nitrogen and oxygen atoms in total. The van der Waals surface area contributed by atoms with E-state index in [0.29, 0.717) is 11.1 Å². The van der Waals surface area contributed by atoms with Crippen LogP contribution in [0.1, 0.15) is 43.7 Å². The quantitative estimate of drug-likeness (QED) is 0.709. The first kappa shape index (κ1) is 10.3. The summed E-state index contributed by atoms with van der Waals surface area (Å²) in [5.41, 5.74) is 1.21. The van der Waals surface area contributed by atoms with Gasteiger partial charge in [-0.25, -0.2) is 9.97 Å². The molecule has 0 saturated heterocycles. The van der Waals surface area contributed by atoms with Crippen molar-refractivity contribution in [1.29, 1.82) is 0 Å². The standard InChI is InChI=1S/C14H17ClN2/c15-13-6-12(16-7-17-13)14-10-2-8-1-9(4-10)5-11(14)3-8/h6-11,14H,1-5H2. The molecule has 0 radical (unpaired) electrons. The average Bonchev–Trinajstić information content (AvgIpc) is 2.27. The van der Waals surface area contributed by atoms with Gasteiger partial charge in [-0.3, -0.25) is 0 Å². The molecule has 4 aliphatic rings. The molecule has 4 fully saturated rings.